The van der Waals surface area contributed by atoms with Crippen molar-refractivity contribution in [2.45, 2.75) is 12.1 Å². The topological polar surface area (TPSA) is 117 Å². The Balaban J connectivity index is 1.76. The highest BCUT2D eigenvalue weighted by atomic mass is 32.2. The number of esters is 1. The number of hydrogen-bond donors (Lipinski definition) is 1. The molecule has 3 aromatic rings. The van der Waals surface area contributed by atoms with Crippen LogP contribution in [0.3, 0.4) is 0 Å². The van der Waals surface area contributed by atoms with Crippen LogP contribution in [0.2, 0.25) is 0 Å². The summed E-state index contributed by atoms with van der Waals surface area (Å²) in [6.07, 6.45) is 0. The van der Waals surface area contributed by atoms with Gasteiger partial charge in [-0.15, -0.1) is 0 Å². The third-order valence-corrected chi connectivity index (χ3v) is 5.45. The quantitative estimate of drug-likeness (QED) is 0.455. The van der Waals surface area contributed by atoms with Crippen molar-refractivity contribution in [2.24, 2.45) is 21.1 Å². The molecule has 0 radical (unpaired) electrons. The zero-order chi connectivity index (χ0) is 22.0. The molecule has 1 N–H and O–H groups in total. The van der Waals surface area contributed by atoms with E-state index in [4.69, 9.17) is 4.74 Å². The molecule has 1 aromatic carbocycles. The molecule has 0 bridgehead atoms. The van der Waals surface area contributed by atoms with Gasteiger partial charge in [-0.2, -0.15) is 0 Å². The fourth-order valence-electron chi connectivity index (χ4n) is 2.89. The van der Waals surface area contributed by atoms with Crippen molar-refractivity contribution < 1.29 is 14.3 Å². The maximum absolute atomic E-state index is 12.4. The second-order valence-electron chi connectivity index (χ2n) is 6.47. The van der Waals surface area contributed by atoms with Gasteiger partial charge in [-0.1, -0.05) is 17.8 Å². The van der Waals surface area contributed by atoms with E-state index in [0.29, 0.717) is 16.4 Å². The van der Waals surface area contributed by atoms with Gasteiger partial charge in [0.15, 0.2) is 16.3 Å². The van der Waals surface area contributed by atoms with E-state index in [1.165, 1.54) is 24.7 Å². The largest absolute Gasteiger partial charge is 0.462 e. The molecule has 0 aliphatic carbocycles. The van der Waals surface area contributed by atoms with E-state index in [1.54, 1.807) is 36.7 Å². The minimum atomic E-state index is -0.471. The number of carbonyl (C=O) groups is 2. The van der Waals surface area contributed by atoms with Crippen molar-refractivity contribution >= 4 is 40.5 Å². The summed E-state index contributed by atoms with van der Waals surface area (Å²) >= 11 is 1.13. The molecule has 0 saturated carbocycles. The first-order valence-electron chi connectivity index (χ1n) is 9.06. The highest BCUT2D eigenvalue weighted by Crippen LogP contribution is 2.20. The molecule has 0 spiro atoms. The van der Waals surface area contributed by atoms with Crippen molar-refractivity contribution in [1.29, 1.82) is 0 Å². The summed E-state index contributed by atoms with van der Waals surface area (Å²) < 4.78 is 8.83. The average Bonchev–Trinajstić information content (AvgIpc) is 3.06. The Morgan fingerprint density at radius 1 is 1.13 bits per heavy atom. The van der Waals surface area contributed by atoms with Gasteiger partial charge in [0.25, 0.3) is 5.56 Å². The lowest BCUT2D eigenvalue weighted by Crippen LogP contribution is -2.37. The normalized spacial score (nSPS) is 10.9. The summed E-state index contributed by atoms with van der Waals surface area (Å²) in [4.78, 5) is 53.0. The lowest BCUT2D eigenvalue weighted by atomic mass is 10.2. The van der Waals surface area contributed by atoms with Gasteiger partial charge in [0.2, 0.25) is 5.91 Å². The van der Waals surface area contributed by atoms with E-state index >= 15 is 0 Å². The minimum Gasteiger partial charge on any atom is -0.462 e. The number of ether oxygens (including phenoxy) is 1. The molecular weight excluding hydrogens is 410 g/mol. The number of nitrogens with one attached hydrogen (secondary N) is 1. The number of benzene rings is 1. The zero-order valence-corrected chi connectivity index (χ0v) is 17.8. The van der Waals surface area contributed by atoms with Gasteiger partial charge in [-0.05, 0) is 25.1 Å². The number of fused-ring (bicyclic) bond motifs is 1. The van der Waals surface area contributed by atoms with E-state index in [9.17, 15) is 19.2 Å². The van der Waals surface area contributed by atoms with Crippen LogP contribution in [-0.2, 0) is 30.7 Å². The van der Waals surface area contributed by atoms with Crippen LogP contribution in [0.4, 0.5) is 5.69 Å². The van der Waals surface area contributed by atoms with Crippen LogP contribution in [0.5, 0.6) is 0 Å². The maximum atomic E-state index is 12.4. The SMILES string of the molecule is CCOC(=O)c1cccc(NC(=O)CSc2nc3c(c(=O)n(C)c(=O)n3C)n2C)c1. The number of nitrogens with zero attached hydrogens (tertiary/aromatic N) is 4. The zero-order valence-electron chi connectivity index (χ0n) is 17.0. The number of imidazole rings is 1. The van der Waals surface area contributed by atoms with Crippen LogP contribution < -0.4 is 16.6 Å². The molecule has 0 fully saturated rings. The van der Waals surface area contributed by atoms with Gasteiger partial charge < -0.3 is 14.6 Å². The summed E-state index contributed by atoms with van der Waals surface area (Å²) in [5.41, 5.74) is 0.429. The average molecular weight is 431 g/mol. The fourth-order valence-corrected chi connectivity index (χ4v) is 3.66. The van der Waals surface area contributed by atoms with Gasteiger partial charge in [-0.25, -0.2) is 14.6 Å². The van der Waals surface area contributed by atoms with Crippen LogP contribution >= 0.6 is 11.8 Å². The third kappa shape index (κ3) is 4.01. The first-order chi connectivity index (χ1) is 14.2. The molecule has 11 heteroatoms. The molecule has 0 aliphatic rings. The van der Waals surface area contributed by atoms with E-state index < -0.39 is 17.2 Å². The molecule has 10 nitrogen and oxygen atoms in total. The van der Waals surface area contributed by atoms with E-state index in [1.807, 2.05) is 0 Å². The van der Waals surface area contributed by atoms with Gasteiger partial charge >= 0.3 is 11.7 Å². The predicted molar refractivity (Wildman–Crippen MR) is 113 cm³/mol. The Morgan fingerprint density at radius 2 is 1.87 bits per heavy atom. The molecule has 158 valence electrons. The number of anilines is 1. The third-order valence-electron chi connectivity index (χ3n) is 4.42. The summed E-state index contributed by atoms with van der Waals surface area (Å²) in [5.74, 6) is -0.751. The van der Waals surface area contributed by atoms with Crippen molar-refractivity contribution in [3.63, 3.8) is 0 Å². The van der Waals surface area contributed by atoms with Crippen LogP contribution in [-0.4, -0.2) is 42.9 Å². The van der Waals surface area contributed by atoms with Gasteiger partial charge in [0.1, 0.15) is 0 Å². The Morgan fingerprint density at radius 3 is 2.57 bits per heavy atom. The number of hydrogen-bond acceptors (Lipinski definition) is 7. The van der Waals surface area contributed by atoms with Crippen LogP contribution in [0.25, 0.3) is 11.2 Å². The minimum absolute atomic E-state index is 0.0229. The van der Waals surface area contributed by atoms with Crippen LogP contribution in [0.1, 0.15) is 17.3 Å². The molecule has 2 heterocycles. The first kappa shape index (κ1) is 21.4. The van der Waals surface area contributed by atoms with E-state index in [0.717, 1.165) is 16.3 Å². The molecule has 0 atom stereocenters. The van der Waals surface area contributed by atoms with Crippen LogP contribution in [0.15, 0.2) is 39.0 Å². The number of aryl methyl sites for hydroxylation is 2. The second-order valence-corrected chi connectivity index (χ2v) is 7.41. The summed E-state index contributed by atoms with van der Waals surface area (Å²) in [6, 6.07) is 6.46. The summed E-state index contributed by atoms with van der Waals surface area (Å²) in [6.45, 7) is 1.98. The number of amides is 1. The Bertz CT molecular complexity index is 1260. The van der Waals surface area contributed by atoms with Gasteiger partial charge in [-0.3, -0.25) is 18.7 Å². The number of thioether (sulfide) groups is 1. The molecule has 0 saturated heterocycles. The van der Waals surface area contributed by atoms with E-state index in [2.05, 4.69) is 10.3 Å². The van der Waals surface area contributed by atoms with E-state index in [-0.39, 0.29) is 29.4 Å². The Labute approximate surface area is 175 Å². The molecule has 3 rings (SSSR count). The van der Waals surface area contributed by atoms with Crippen LogP contribution in [0, 0.1) is 0 Å². The van der Waals surface area contributed by atoms with Crippen molar-refractivity contribution in [3.8, 4) is 0 Å². The van der Waals surface area contributed by atoms with Gasteiger partial charge in [0.05, 0.1) is 17.9 Å². The summed E-state index contributed by atoms with van der Waals surface area (Å²) in [5, 5.41) is 3.15. The summed E-state index contributed by atoms with van der Waals surface area (Å²) in [7, 11) is 4.60. The number of carbonyl (C=O) groups excluding carboxylic acids is 2. The lowest BCUT2D eigenvalue weighted by Gasteiger charge is -2.07. The maximum Gasteiger partial charge on any atom is 0.338 e. The van der Waals surface area contributed by atoms with Crippen molar-refractivity contribution in [1.82, 2.24) is 18.7 Å². The Kier molecular flexibility index (Phi) is 6.11. The molecule has 0 aliphatic heterocycles. The van der Waals surface area contributed by atoms with Crippen molar-refractivity contribution in [3.05, 3.63) is 50.7 Å². The fraction of sp³-hybridized carbons (Fsp3) is 0.316. The second kappa shape index (κ2) is 8.57. The van der Waals surface area contributed by atoms with Crippen molar-refractivity contribution in [2.75, 3.05) is 17.7 Å². The molecule has 0 unspecified atom stereocenters. The number of rotatable bonds is 6. The first-order valence-corrected chi connectivity index (χ1v) is 10.1. The molecule has 30 heavy (non-hydrogen) atoms. The molecule has 1 amide bonds. The smallest absolute Gasteiger partial charge is 0.338 e. The highest BCUT2D eigenvalue weighted by molar-refractivity contribution is 7.99. The monoisotopic (exact) mass is 431 g/mol. The lowest BCUT2D eigenvalue weighted by molar-refractivity contribution is -0.113. The molecular formula is C19H21N5O5S. The number of aromatic nitrogens is 4. The standard InChI is InChI=1S/C19H21N5O5S/c1-5-29-17(27)11-7-6-8-12(9-11)20-13(25)10-30-18-21-15-14(22(18)2)16(26)24(4)19(28)23(15)3/h6-9H,5,10H2,1-4H3,(H,20,25). The predicted octanol–water partition coefficient (Wildman–Crippen LogP) is 0.878. The highest BCUT2D eigenvalue weighted by Gasteiger charge is 2.18. The van der Waals surface area contributed by atoms with Gasteiger partial charge in [0, 0.05) is 26.8 Å². The Hall–Kier alpha value is -3.34. The molecule has 2 aromatic heterocycles.